The van der Waals surface area contributed by atoms with E-state index in [0.29, 0.717) is 10.8 Å². The molecule has 0 aliphatic carbocycles. The van der Waals surface area contributed by atoms with E-state index in [0.717, 1.165) is 20.8 Å². The van der Waals surface area contributed by atoms with Crippen LogP contribution in [0.1, 0.15) is 10.4 Å². The van der Waals surface area contributed by atoms with Gasteiger partial charge in [0.05, 0.1) is 27.7 Å². The number of amides is 1. The van der Waals surface area contributed by atoms with Gasteiger partial charge >= 0.3 is 0 Å². The van der Waals surface area contributed by atoms with Crippen LogP contribution in [-0.2, 0) is 10.0 Å². The van der Waals surface area contributed by atoms with Crippen molar-refractivity contribution in [2.24, 2.45) is 0 Å². The predicted molar refractivity (Wildman–Crippen MR) is 97.3 cm³/mol. The van der Waals surface area contributed by atoms with Gasteiger partial charge < -0.3 is 0 Å². The number of rotatable bonds is 4. The van der Waals surface area contributed by atoms with Gasteiger partial charge in [0.2, 0.25) is 10.0 Å². The molecule has 1 N–H and O–H groups in total. The van der Waals surface area contributed by atoms with Crippen molar-refractivity contribution in [3.63, 3.8) is 0 Å². The number of carbonyl (C=O) groups is 1. The largest absolute Gasteiger partial charge is 0.298 e. The van der Waals surface area contributed by atoms with E-state index >= 15 is 0 Å². The molecule has 1 heterocycles. The molecule has 124 valence electrons. The zero-order valence-electron chi connectivity index (χ0n) is 13.1. The Morgan fingerprint density at radius 2 is 1.79 bits per heavy atom. The molecule has 0 saturated heterocycles. The smallest absolute Gasteiger partial charge is 0.259 e. The van der Waals surface area contributed by atoms with Crippen LogP contribution in [0.3, 0.4) is 0 Å². The van der Waals surface area contributed by atoms with E-state index in [2.05, 4.69) is 10.3 Å². The fraction of sp³-hybridized carbons (Fsp3) is 0.125. The molecule has 6 nitrogen and oxygen atoms in total. The fourth-order valence-corrected chi connectivity index (χ4v) is 3.59. The van der Waals surface area contributed by atoms with E-state index < -0.39 is 15.9 Å². The van der Waals surface area contributed by atoms with Crippen molar-refractivity contribution >= 4 is 48.3 Å². The summed E-state index contributed by atoms with van der Waals surface area (Å²) in [5.41, 5.74) is 1.39. The summed E-state index contributed by atoms with van der Waals surface area (Å²) in [5.74, 6) is -0.403. The van der Waals surface area contributed by atoms with Gasteiger partial charge in [-0.15, -0.1) is 0 Å². The van der Waals surface area contributed by atoms with Crippen LogP contribution in [0.5, 0.6) is 0 Å². The quantitative estimate of drug-likeness (QED) is 0.775. The predicted octanol–water partition coefficient (Wildman–Crippen LogP) is 2.94. The molecule has 1 amide bonds. The number of nitrogens with one attached hydrogen (secondary N) is 1. The van der Waals surface area contributed by atoms with Gasteiger partial charge in [0.25, 0.3) is 5.91 Å². The van der Waals surface area contributed by atoms with Crippen molar-refractivity contribution in [2.75, 3.05) is 22.9 Å². The number of carbonyl (C=O) groups excluding carboxylic acids is 1. The first-order chi connectivity index (χ1) is 11.4. The molecule has 24 heavy (non-hydrogen) atoms. The third-order valence-electron chi connectivity index (χ3n) is 3.50. The molecule has 0 atom stereocenters. The Morgan fingerprint density at radius 1 is 1.12 bits per heavy atom. The minimum atomic E-state index is -3.46. The standard InChI is InChI=1S/C16H15N3O3S2/c1-19(24(2,21)22)13-9-5-3-7-11(13)15(20)18-16-17-12-8-4-6-10-14(12)23-16/h3-10H,1-2H3,(H,17,18,20). The summed E-state index contributed by atoms with van der Waals surface area (Å²) >= 11 is 1.37. The third-order valence-corrected chi connectivity index (χ3v) is 5.64. The first-order valence-electron chi connectivity index (χ1n) is 7.06. The number of para-hydroxylation sites is 2. The van der Waals surface area contributed by atoms with Crippen molar-refractivity contribution in [1.82, 2.24) is 4.98 Å². The number of benzene rings is 2. The molecule has 2 aromatic carbocycles. The lowest BCUT2D eigenvalue weighted by molar-refractivity contribution is 0.102. The van der Waals surface area contributed by atoms with Gasteiger partial charge in [-0.2, -0.15) is 0 Å². The summed E-state index contributed by atoms with van der Waals surface area (Å²) in [5, 5.41) is 3.21. The highest BCUT2D eigenvalue weighted by Gasteiger charge is 2.20. The number of hydrogen-bond acceptors (Lipinski definition) is 5. The Morgan fingerprint density at radius 3 is 2.50 bits per heavy atom. The van der Waals surface area contributed by atoms with Crippen LogP contribution in [-0.4, -0.2) is 32.6 Å². The van der Waals surface area contributed by atoms with Crippen LogP contribution in [0.2, 0.25) is 0 Å². The lowest BCUT2D eigenvalue weighted by Gasteiger charge is -2.19. The van der Waals surface area contributed by atoms with Crippen molar-refractivity contribution in [2.45, 2.75) is 0 Å². The molecule has 0 saturated carbocycles. The molecule has 1 aromatic heterocycles. The zero-order chi connectivity index (χ0) is 17.3. The molecule has 0 aliphatic rings. The number of sulfonamides is 1. The minimum absolute atomic E-state index is 0.268. The van der Waals surface area contributed by atoms with E-state index in [-0.39, 0.29) is 5.56 Å². The lowest BCUT2D eigenvalue weighted by atomic mass is 10.1. The van der Waals surface area contributed by atoms with Gasteiger partial charge in [-0.3, -0.25) is 14.4 Å². The summed E-state index contributed by atoms with van der Waals surface area (Å²) < 4.78 is 25.6. The topological polar surface area (TPSA) is 79.4 Å². The maximum absolute atomic E-state index is 12.6. The zero-order valence-corrected chi connectivity index (χ0v) is 14.7. The second-order valence-corrected chi connectivity index (χ2v) is 8.23. The fourth-order valence-electron chi connectivity index (χ4n) is 2.21. The van der Waals surface area contributed by atoms with Crippen molar-refractivity contribution in [3.8, 4) is 0 Å². The van der Waals surface area contributed by atoms with Crippen LogP contribution in [0.4, 0.5) is 10.8 Å². The molecule has 3 aromatic rings. The summed E-state index contributed by atoms with van der Waals surface area (Å²) in [7, 11) is -2.05. The Kier molecular flexibility index (Phi) is 4.25. The Hall–Kier alpha value is -2.45. The number of fused-ring (bicyclic) bond motifs is 1. The van der Waals surface area contributed by atoms with Crippen molar-refractivity contribution < 1.29 is 13.2 Å². The van der Waals surface area contributed by atoms with Gasteiger partial charge in [-0.05, 0) is 24.3 Å². The number of thiazole rings is 1. The number of hydrogen-bond donors (Lipinski definition) is 1. The summed E-state index contributed by atoms with van der Waals surface area (Å²) in [6.07, 6.45) is 1.09. The van der Waals surface area contributed by atoms with E-state index in [1.54, 1.807) is 24.3 Å². The molecule has 0 radical (unpaired) electrons. The van der Waals surface area contributed by atoms with Crippen molar-refractivity contribution in [3.05, 3.63) is 54.1 Å². The van der Waals surface area contributed by atoms with Gasteiger partial charge in [0.15, 0.2) is 5.13 Å². The Balaban J connectivity index is 1.93. The normalized spacial score (nSPS) is 11.4. The van der Waals surface area contributed by atoms with Crippen LogP contribution in [0.15, 0.2) is 48.5 Å². The van der Waals surface area contributed by atoms with Gasteiger partial charge in [-0.25, -0.2) is 13.4 Å². The average molecular weight is 361 g/mol. The molecular formula is C16H15N3O3S2. The van der Waals surface area contributed by atoms with Crippen LogP contribution in [0.25, 0.3) is 10.2 Å². The van der Waals surface area contributed by atoms with Gasteiger partial charge in [0.1, 0.15) is 0 Å². The highest BCUT2D eigenvalue weighted by molar-refractivity contribution is 7.92. The number of aromatic nitrogens is 1. The second kappa shape index (κ2) is 6.21. The molecule has 0 fully saturated rings. The minimum Gasteiger partial charge on any atom is -0.298 e. The molecule has 8 heteroatoms. The number of nitrogens with zero attached hydrogens (tertiary/aromatic N) is 2. The van der Waals surface area contributed by atoms with E-state index in [1.165, 1.54) is 18.4 Å². The number of anilines is 2. The first-order valence-corrected chi connectivity index (χ1v) is 9.72. The molecule has 0 spiro atoms. The van der Waals surface area contributed by atoms with Gasteiger partial charge in [-0.1, -0.05) is 35.6 Å². The van der Waals surface area contributed by atoms with Crippen LogP contribution < -0.4 is 9.62 Å². The summed E-state index contributed by atoms with van der Waals surface area (Å²) in [6.45, 7) is 0. The van der Waals surface area contributed by atoms with E-state index in [9.17, 15) is 13.2 Å². The van der Waals surface area contributed by atoms with Gasteiger partial charge in [0, 0.05) is 7.05 Å². The molecule has 0 aliphatic heterocycles. The molecular weight excluding hydrogens is 346 g/mol. The average Bonchev–Trinajstić information content (AvgIpc) is 2.95. The summed E-state index contributed by atoms with van der Waals surface area (Å²) in [4.78, 5) is 16.9. The Labute approximate surface area is 143 Å². The van der Waals surface area contributed by atoms with E-state index in [4.69, 9.17) is 0 Å². The summed E-state index contributed by atoms with van der Waals surface area (Å²) in [6, 6.07) is 14.1. The molecule has 3 rings (SSSR count). The maximum Gasteiger partial charge on any atom is 0.259 e. The first kappa shape index (κ1) is 16.4. The van der Waals surface area contributed by atoms with Crippen LogP contribution in [0, 0.1) is 0 Å². The maximum atomic E-state index is 12.6. The Bertz CT molecular complexity index is 979. The van der Waals surface area contributed by atoms with E-state index in [1.807, 2.05) is 24.3 Å². The third kappa shape index (κ3) is 3.24. The highest BCUT2D eigenvalue weighted by Crippen LogP contribution is 2.27. The highest BCUT2D eigenvalue weighted by atomic mass is 32.2. The van der Waals surface area contributed by atoms with Crippen LogP contribution >= 0.6 is 11.3 Å². The molecule has 0 bridgehead atoms. The van der Waals surface area contributed by atoms with Crippen molar-refractivity contribution in [1.29, 1.82) is 0 Å². The SMILES string of the molecule is CN(c1ccccc1C(=O)Nc1nc2ccccc2s1)S(C)(=O)=O. The monoisotopic (exact) mass is 361 g/mol. The second-order valence-electron chi connectivity index (χ2n) is 5.19. The molecule has 0 unspecified atom stereocenters. The lowest BCUT2D eigenvalue weighted by Crippen LogP contribution is -2.27.